The highest BCUT2D eigenvalue weighted by atomic mass is 32.2. The minimum atomic E-state index is -0.430. The third-order valence-corrected chi connectivity index (χ3v) is 5.31. The van der Waals surface area contributed by atoms with Gasteiger partial charge in [0, 0.05) is 22.4 Å². The number of para-hydroxylation sites is 1. The Morgan fingerprint density at radius 1 is 1.17 bits per heavy atom. The molecule has 0 spiro atoms. The first-order chi connectivity index (χ1) is 13.9. The SMILES string of the molecule is COc1ccc(-n2ccc(C)c(C(=O)Nc3ccccc3SC(C)C)c2=O)cn1. The molecule has 0 saturated heterocycles. The number of hydrogen-bond acceptors (Lipinski definition) is 5. The molecule has 150 valence electrons. The summed E-state index contributed by atoms with van der Waals surface area (Å²) in [6, 6.07) is 12.7. The number of benzene rings is 1. The van der Waals surface area contributed by atoms with Crippen molar-refractivity contribution in [2.75, 3.05) is 12.4 Å². The second kappa shape index (κ2) is 8.96. The molecule has 3 rings (SSSR count). The molecule has 0 fully saturated rings. The van der Waals surface area contributed by atoms with E-state index in [2.05, 4.69) is 24.1 Å². The van der Waals surface area contributed by atoms with E-state index in [0.29, 0.717) is 28.1 Å². The van der Waals surface area contributed by atoms with Crippen LogP contribution >= 0.6 is 11.8 Å². The lowest BCUT2D eigenvalue weighted by Gasteiger charge is -2.14. The molecule has 2 aromatic heterocycles. The molecule has 0 aliphatic rings. The van der Waals surface area contributed by atoms with Crippen LogP contribution in [0.3, 0.4) is 0 Å². The van der Waals surface area contributed by atoms with Gasteiger partial charge in [-0.15, -0.1) is 11.8 Å². The van der Waals surface area contributed by atoms with Gasteiger partial charge in [-0.1, -0.05) is 26.0 Å². The number of amides is 1. The van der Waals surface area contributed by atoms with Crippen molar-refractivity contribution in [2.45, 2.75) is 30.9 Å². The minimum absolute atomic E-state index is 0.104. The van der Waals surface area contributed by atoms with Crippen LogP contribution in [0.2, 0.25) is 0 Å². The lowest BCUT2D eigenvalue weighted by molar-refractivity contribution is 0.102. The Hall–Kier alpha value is -3.06. The molecule has 29 heavy (non-hydrogen) atoms. The van der Waals surface area contributed by atoms with E-state index < -0.39 is 11.5 Å². The van der Waals surface area contributed by atoms with Gasteiger partial charge in [0.25, 0.3) is 11.5 Å². The molecule has 0 unspecified atom stereocenters. The second-order valence-corrected chi connectivity index (χ2v) is 8.34. The van der Waals surface area contributed by atoms with E-state index in [1.165, 1.54) is 17.9 Å². The predicted octanol–water partition coefficient (Wildman–Crippen LogP) is 4.30. The predicted molar refractivity (Wildman–Crippen MR) is 117 cm³/mol. The number of pyridine rings is 2. The average molecular weight is 410 g/mol. The molecule has 0 radical (unpaired) electrons. The van der Waals surface area contributed by atoms with Crippen molar-refractivity contribution in [2.24, 2.45) is 0 Å². The molecular weight excluding hydrogens is 386 g/mol. The maximum atomic E-state index is 13.1. The average Bonchev–Trinajstić information content (AvgIpc) is 2.69. The van der Waals surface area contributed by atoms with Crippen LogP contribution in [-0.4, -0.2) is 27.8 Å². The van der Waals surface area contributed by atoms with Gasteiger partial charge in [-0.25, -0.2) is 4.98 Å². The highest BCUT2D eigenvalue weighted by molar-refractivity contribution is 8.00. The van der Waals surface area contributed by atoms with Crippen LogP contribution in [0.1, 0.15) is 29.8 Å². The largest absolute Gasteiger partial charge is 0.481 e. The van der Waals surface area contributed by atoms with Crippen molar-refractivity contribution in [1.29, 1.82) is 0 Å². The molecule has 2 heterocycles. The monoisotopic (exact) mass is 409 g/mol. The van der Waals surface area contributed by atoms with Crippen molar-refractivity contribution in [3.8, 4) is 11.6 Å². The molecule has 0 aliphatic heterocycles. The summed E-state index contributed by atoms with van der Waals surface area (Å²) in [6.45, 7) is 5.93. The topological polar surface area (TPSA) is 73.2 Å². The van der Waals surface area contributed by atoms with Gasteiger partial charge in [0.1, 0.15) is 5.56 Å². The van der Waals surface area contributed by atoms with E-state index in [0.717, 1.165) is 4.90 Å². The van der Waals surface area contributed by atoms with E-state index in [9.17, 15) is 9.59 Å². The third-order valence-electron chi connectivity index (χ3n) is 4.23. The maximum absolute atomic E-state index is 13.1. The van der Waals surface area contributed by atoms with Gasteiger partial charge < -0.3 is 10.1 Å². The quantitative estimate of drug-likeness (QED) is 0.615. The standard InChI is InChI=1S/C22H23N3O3S/c1-14(2)29-18-8-6-5-7-17(18)24-21(26)20-15(3)11-12-25(22(20)27)16-9-10-19(28-4)23-13-16/h5-14H,1-4H3,(H,24,26). The number of nitrogens with zero attached hydrogens (tertiary/aromatic N) is 2. The van der Waals surface area contributed by atoms with Gasteiger partial charge in [0.05, 0.1) is 24.7 Å². The van der Waals surface area contributed by atoms with Gasteiger partial charge in [0.2, 0.25) is 5.88 Å². The number of hydrogen-bond donors (Lipinski definition) is 1. The zero-order chi connectivity index (χ0) is 21.0. The summed E-state index contributed by atoms with van der Waals surface area (Å²) in [5, 5.41) is 3.27. The molecule has 0 saturated carbocycles. The van der Waals surface area contributed by atoms with Crippen LogP contribution in [0.5, 0.6) is 5.88 Å². The van der Waals surface area contributed by atoms with Crippen LogP contribution in [-0.2, 0) is 0 Å². The first kappa shape index (κ1) is 20.7. The summed E-state index contributed by atoms with van der Waals surface area (Å²) >= 11 is 1.66. The molecule has 0 aliphatic carbocycles. The highest BCUT2D eigenvalue weighted by Crippen LogP contribution is 2.30. The number of carbonyl (C=O) groups excluding carboxylic acids is 1. The molecule has 0 atom stereocenters. The third kappa shape index (κ3) is 4.68. The van der Waals surface area contributed by atoms with Gasteiger partial charge in [-0.2, -0.15) is 0 Å². The first-order valence-electron chi connectivity index (χ1n) is 9.20. The second-order valence-electron chi connectivity index (χ2n) is 6.72. The molecule has 6 nitrogen and oxygen atoms in total. The number of rotatable bonds is 6. The molecule has 0 bridgehead atoms. The smallest absolute Gasteiger partial charge is 0.268 e. The number of aromatic nitrogens is 2. The Morgan fingerprint density at radius 3 is 2.59 bits per heavy atom. The number of methoxy groups -OCH3 is 1. The van der Waals surface area contributed by atoms with Gasteiger partial charge in [-0.3, -0.25) is 14.2 Å². The summed E-state index contributed by atoms with van der Waals surface area (Å²) in [6.07, 6.45) is 3.17. The Kier molecular flexibility index (Phi) is 6.39. The van der Waals surface area contributed by atoms with E-state index in [4.69, 9.17) is 4.74 Å². The van der Waals surface area contributed by atoms with E-state index in [1.54, 1.807) is 43.1 Å². The first-order valence-corrected chi connectivity index (χ1v) is 10.1. The zero-order valence-electron chi connectivity index (χ0n) is 16.8. The number of thioether (sulfide) groups is 1. The summed E-state index contributed by atoms with van der Waals surface area (Å²) in [4.78, 5) is 31.2. The number of ether oxygens (including phenoxy) is 1. The summed E-state index contributed by atoms with van der Waals surface area (Å²) < 4.78 is 6.46. The molecule has 7 heteroatoms. The molecule has 1 aromatic carbocycles. The molecule has 1 N–H and O–H groups in total. The molecular formula is C22H23N3O3S. The Balaban J connectivity index is 1.97. The lowest BCUT2D eigenvalue weighted by atomic mass is 10.1. The van der Waals surface area contributed by atoms with Crippen molar-refractivity contribution < 1.29 is 9.53 Å². The van der Waals surface area contributed by atoms with Gasteiger partial charge in [0.15, 0.2) is 0 Å². The van der Waals surface area contributed by atoms with Crippen LogP contribution < -0.4 is 15.6 Å². The number of anilines is 1. The Bertz CT molecular complexity index is 1080. The summed E-state index contributed by atoms with van der Waals surface area (Å²) in [5.74, 6) is 0.0197. The number of carbonyl (C=O) groups is 1. The van der Waals surface area contributed by atoms with Crippen molar-refractivity contribution in [1.82, 2.24) is 9.55 Å². The summed E-state index contributed by atoms with van der Waals surface area (Å²) in [7, 11) is 1.53. The van der Waals surface area contributed by atoms with Gasteiger partial charge in [-0.05, 0) is 36.8 Å². The van der Waals surface area contributed by atoms with E-state index in [1.807, 2.05) is 24.3 Å². The van der Waals surface area contributed by atoms with Crippen LogP contribution in [0.15, 0.2) is 64.5 Å². The fourth-order valence-corrected chi connectivity index (χ4v) is 3.76. The summed E-state index contributed by atoms with van der Waals surface area (Å²) in [5.41, 5.74) is 1.56. The van der Waals surface area contributed by atoms with Crippen LogP contribution in [0.25, 0.3) is 5.69 Å². The van der Waals surface area contributed by atoms with Crippen molar-refractivity contribution in [3.63, 3.8) is 0 Å². The van der Waals surface area contributed by atoms with Crippen LogP contribution in [0.4, 0.5) is 5.69 Å². The number of nitrogens with one attached hydrogen (secondary N) is 1. The van der Waals surface area contributed by atoms with E-state index in [-0.39, 0.29) is 5.56 Å². The van der Waals surface area contributed by atoms with Crippen molar-refractivity contribution >= 4 is 23.4 Å². The normalized spacial score (nSPS) is 10.8. The van der Waals surface area contributed by atoms with E-state index >= 15 is 0 Å². The highest BCUT2D eigenvalue weighted by Gasteiger charge is 2.18. The lowest BCUT2D eigenvalue weighted by Crippen LogP contribution is -2.29. The van der Waals surface area contributed by atoms with Gasteiger partial charge >= 0.3 is 0 Å². The molecule has 3 aromatic rings. The Labute approximate surface area is 173 Å². The zero-order valence-corrected chi connectivity index (χ0v) is 17.6. The fraction of sp³-hybridized carbons (Fsp3) is 0.227. The fourth-order valence-electron chi connectivity index (χ4n) is 2.85. The van der Waals surface area contributed by atoms with Crippen molar-refractivity contribution in [3.05, 3.63) is 76.3 Å². The Morgan fingerprint density at radius 2 is 1.93 bits per heavy atom. The maximum Gasteiger partial charge on any atom is 0.268 e. The minimum Gasteiger partial charge on any atom is -0.481 e. The molecule has 1 amide bonds. The number of aryl methyl sites for hydroxylation is 1. The van der Waals surface area contributed by atoms with Crippen LogP contribution in [0, 0.1) is 6.92 Å².